The summed E-state index contributed by atoms with van der Waals surface area (Å²) in [6.45, 7) is 4.47. The highest BCUT2D eigenvalue weighted by Gasteiger charge is 2.05. The van der Waals surface area contributed by atoms with Crippen LogP contribution in [0.25, 0.3) is 0 Å². The van der Waals surface area contributed by atoms with Gasteiger partial charge in [-0.15, -0.1) is 0 Å². The number of rotatable bonds is 6. The van der Waals surface area contributed by atoms with Gasteiger partial charge in [-0.2, -0.15) is 0 Å². The van der Waals surface area contributed by atoms with Crippen LogP contribution in [0.4, 0.5) is 0 Å². The van der Waals surface area contributed by atoms with Crippen LogP contribution in [0.5, 0.6) is 0 Å². The van der Waals surface area contributed by atoms with Crippen molar-refractivity contribution in [1.29, 1.82) is 0 Å². The Balaban J connectivity index is 3.33. The lowest BCUT2D eigenvalue weighted by molar-refractivity contribution is -0.151. The molecule has 0 aliphatic rings. The van der Waals surface area contributed by atoms with E-state index < -0.39 is 0 Å². The SMILES string of the molecule is CCOC(=O)COC(C)COC. The summed E-state index contributed by atoms with van der Waals surface area (Å²) in [6.07, 6.45) is -0.0700. The summed E-state index contributed by atoms with van der Waals surface area (Å²) in [5.41, 5.74) is 0. The van der Waals surface area contributed by atoms with Crippen molar-refractivity contribution in [3.05, 3.63) is 0 Å². The van der Waals surface area contributed by atoms with Gasteiger partial charge in [0.1, 0.15) is 6.61 Å². The van der Waals surface area contributed by atoms with Crippen LogP contribution in [-0.2, 0) is 19.0 Å². The molecule has 0 aromatic carbocycles. The van der Waals surface area contributed by atoms with Crippen molar-refractivity contribution in [3.8, 4) is 0 Å². The molecule has 1 atom stereocenters. The lowest BCUT2D eigenvalue weighted by Crippen LogP contribution is -2.21. The van der Waals surface area contributed by atoms with Crippen molar-refractivity contribution >= 4 is 5.97 Å². The summed E-state index contributed by atoms with van der Waals surface area (Å²) < 4.78 is 14.6. The number of esters is 1. The average molecular weight is 176 g/mol. The molecule has 1 unspecified atom stereocenters. The fraction of sp³-hybridized carbons (Fsp3) is 0.875. The predicted octanol–water partition coefficient (Wildman–Crippen LogP) is 0.601. The van der Waals surface area contributed by atoms with Crippen molar-refractivity contribution in [3.63, 3.8) is 0 Å². The van der Waals surface area contributed by atoms with E-state index in [1.54, 1.807) is 14.0 Å². The molecule has 4 heteroatoms. The molecule has 0 amide bonds. The minimum atomic E-state index is -0.333. The van der Waals surface area contributed by atoms with Gasteiger partial charge in [0.15, 0.2) is 0 Å². The van der Waals surface area contributed by atoms with Crippen molar-refractivity contribution in [2.24, 2.45) is 0 Å². The summed E-state index contributed by atoms with van der Waals surface area (Å²) in [6, 6.07) is 0. The van der Waals surface area contributed by atoms with Crippen molar-refractivity contribution < 1.29 is 19.0 Å². The van der Waals surface area contributed by atoms with Crippen LogP contribution in [0, 0.1) is 0 Å². The first-order chi connectivity index (χ1) is 5.70. The van der Waals surface area contributed by atoms with Crippen molar-refractivity contribution in [1.82, 2.24) is 0 Å². The molecule has 0 aromatic heterocycles. The molecule has 0 bridgehead atoms. The molecule has 0 fully saturated rings. The van der Waals surface area contributed by atoms with Crippen LogP contribution in [0.3, 0.4) is 0 Å². The lowest BCUT2D eigenvalue weighted by atomic mass is 10.4. The summed E-state index contributed by atoms with van der Waals surface area (Å²) in [5.74, 6) is -0.333. The fourth-order valence-corrected chi connectivity index (χ4v) is 0.696. The van der Waals surface area contributed by atoms with Gasteiger partial charge in [0.2, 0.25) is 0 Å². The Morgan fingerprint density at radius 3 is 2.67 bits per heavy atom. The monoisotopic (exact) mass is 176 g/mol. The minimum Gasteiger partial charge on any atom is -0.464 e. The number of carbonyl (C=O) groups excluding carboxylic acids is 1. The van der Waals surface area contributed by atoms with Gasteiger partial charge in [-0.25, -0.2) is 4.79 Å². The van der Waals surface area contributed by atoms with E-state index in [0.717, 1.165) is 0 Å². The second kappa shape index (κ2) is 7.06. The van der Waals surface area contributed by atoms with Gasteiger partial charge in [-0.3, -0.25) is 0 Å². The smallest absolute Gasteiger partial charge is 0.332 e. The van der Waals surface area contributed by atoms with Gasteiger partial charge in [-0.05, 0) is 13.8 Å². The highest BCUT2D eigenvalue weighted by molar-refractivity contribution is 5.70. The topological polar surface area (TPSA) is 44.8 Å². The predicted molar refractivity (Wildman–Crippen MR) is 43.9 cm³/mol. The molecular formula is C8H16O4. The molecular weight excluding hydrogens is 160 g/mol. The molecule has 12 heavy (non-hydrogen) atoms. The first-order valence-corrected chi connectivity index (χ1v) is 3.96. The van der Waals surface area contributed by atoms with E-state index in [4.69, 9.17) is 9.47 Å². The van der Waals surface area contributed by atoms with Crippen molar-refractivity contribution in [2.45, 2.75) is 20.0 Å². The molecule has 0 aliphatic carbocycles. The van der Waals surface area contributed by atoms with Crippen LogP contribution in [0.2, 0.25) is 0 Å². The standard InChI is InChI=1S/C8H16O4/c1-4-11-8(9)6-12-7(2)5-10-3/h7H,4-6H2,1-3H3. The maximum Gasteiger partial charge on any atom is 0.332 e. The zero-order valence-electron chi connectivity index (χ0n) is 7.83. The first-order valence-electron chi connectivity index (χ1n) is 3.96. The first kappa shape index (κ1) is 11.4. The Kier molecular flexibility index (Phi) is 6.70. The second-order valence-corrected chi connectivity index (χ2v) is 2.38. The van der Waals surface area contributed by atoms with E-state index in [-0.39, 0.29) is 18.7 Å². The van der Waals surface area contributed by atoms with E-state index in [0.29, 0.717) is 13.2 Å². The van der Waals surface area contributed by atoms with Gasteiger partial charge in [0.05, 0.1) is 19.3 Å². The Hall–Kier alpha value is -0.610. The molecule has 0 rings (SSSR count). The van der Waals surface area contributed by atoms with E-state index in [2.05, 4.69) is 4.74 Å². The Labute approximate surface area is 72.8 Å². The summed E-state index contributed by atoms with van der Waals surface area (Å²) in [5, 5.41) is 0. The molecule has 0 saturated carbocycles. The largest absolute Gasteiger partial charge is 0.464 e. The quantitative estimate of drug-likeness (QED) is 0.556. The molecule has 0 spiro atoms. The molecule has 0 aliphatic heterocycles. The third-order valence-corrected chi connectivity index (χ3v) is 1.19. The molecule has 0 radical (unpaired) electrons. The van der Waals surface area contributed by atoms with E-state index in [1.165, 1.54) is 0 Å². The zero-order valence-corrected chi connectivity index (χ0v) is 7.83. The summed E-state index contributed by atoms with van der Waals surface area (Å²) in [7, 11) is 1.59. The third kappa shape index (κ3) is 6.12. The average Bonchev–Trinajstić information content (AvgIpc) is 2.02. The van der Waals surface area contributed by atoms with Crippen LogP contribution < -0.4 is 0 Å². The number of ether oxygens (including phenoxy) is 3. The number of hydrogen-bond acceptors (Lipinski definition) is 4. The molecule has 0 heterocycles. The Morgan fingerprint density at radius 1 is 1.50 bits per heavy atom. The van der Waals surface area contributed by atoms with Gasteiger partial charge >= 0.3 is 5.97 Å². The van der Waals surface area contributed by atoms with Gasteiger partial charge in [0.25, 0.3) is 0 Å². The number of methoxy groups -OCH3 is 1. The number of hydrogen-bond donors (Lipinski definition) is 0. The molecule has 0 aromatic rings. The van der Waals surface area contributed by atoms with Crippen LogP contribution in [0.1, 0.15) is 13.8 Å². The van der Waals surface area contributed by atoms with E-state index in [9.17, 15) is 4.79 Å². The zero-order chi connectivity index (χ0) is 9.40. The van der Waals surface area contributed by atoms with E-state index in [1.807, 2.05) is 6.92 Å². The normalized spacial score (nSPS) is 12.6. The number of carbonyl (C=O) groups is 1. The van der Waals surface area contributed by atoms with Crippen LogP contribution >= 0.6 is 0 Å². The van der Waals surface area contributed by atoms with Crippen molar-refractivity contribution in [2.75, 3.05) is 26.9 Å². The van der Waals surface area contributed by atoms with Crippen LogP contribution in [-0.4, -0.2) is 39.0 Å². The van der Waals surface area contributed by atoms with Gasteiger partial charge in [0, 0.05) is 7.11 Å². The highest BCUT2D eigenvalue weighted by Crippen LogP contribution is 1.91. The Morgan fingerprint density at radius 2 is 2.17 bits per heavy atom. The summed E-state index contributed by atoms with van der Waals surface area (Å²) >= 11 is 0. The van der Waals surface area contributed by atoms with Crippen LogP contribution in [0.15, 0.2) is 0 Å². The summed E-state index contributed by atoms with van der Waals surface area (Å²) in [4.78, 5) is 10.8. The molecule has 0 N–H and O–H groups in total. The Bertz CT molecular complexity index is 124. The lowest BCUT2D eigenvalue weighted by Gasteiger charge is -2.10. The fourth-order valence-electron chi connectivity index (χ4n) is 0.696. The van der Waals surface area contributed by atoms with Gasteiger partial charge in [-0.1, -0.05) is 0 Å². The maximum atomic E-state index is 10.8. The van der Waals surface area contributed by atoms with Gasteiger partial charge < -0.3 is 14.2 Å². The van der Waals surface area contributed by atoms with E-state index >= 15 is 0 Å². The highest BCUT2D eigenvalue weighted by atomic mass is 16.6. The second-order valence-electron chi connectivity index (χ2n) is 2.38. The third-order valence-electron chi connectivity index (χ3n) is 1.19. The molecule has 0 saturated heterocycles. The molecule has 4 nitrogen and oxygen atoms in total. The maximum absolute atomic E-state index is 10.8. The minimum absolute atomic E-state index is 0.00162. The molecule has 72 valence electrons.